The lowest BCUT2D eigenvalue weighted by atomic mass is 10.1. The van der Waals surface area contributed by atoms with Gasteiger partial charge in [0, 0.05) is 24.2 Å². The highest BCUT2D eigenvalue weighted by molar-refractivity contribution is 6.07. The average molecular weight is 429 g/mol. The number of ketones is 2. The summed E-state index contributed by atoms with van der Waals surface area (Å²) in [6.45, 7) is 3.61. The first-order valence-electron chi connectivity index (χ1n) is 10.4. The van der Waals surface area contributed by atoms with Crippen LogP contribution >= 0.6 is 0 Å². The minimum absolute atomic E-state index is 0.0500. The van der Waals surface area contributed by atoms with Gasteiger partial charge in [0.25, 0.3) is 5.91 Å². The fourth-order valence-electron chi connectivity index (χ4n) is 3.48. The highest BCUT2D eigenvalue weighted by Gasteiger charge is 2.20. The van der Waals surface area contributed by atoms with Gasteiger partial charge in [0.15, 0.2) is 5.78 Å². The molecular formula is C25H23N3O4. The summed E-state index contributed by atoms with van der Waals surface area (Å²) in [5.74, 6) is -0.590. The van der Waals surface area contributed by atoms with E-state index in [0.717, 1.165) is 5.56 Å². The number of hydrogen-bond acceptors (Lipinski definition) is 5. The van der Waals surface area contributed by atoms with Crippen LogP contribution in [-0.4, -0.2) is 58.5 Å². The van der Waals surface area contributed by atoms with Crippen molar-refractivity contribution in [1.29, 1.82) is 0 Å². The van der Waals surface area contributed by atoms with Crippen molar-refractivity contribution < 1.29 is 19.1 Å². The third kappa shape index (κ3) is 4.73. The first-order chi connectivity index (χ1) is 15.5. The van der Waals surface area contributed by atoms with Gasteiger partial charge in [-0.1, -0.05) is 30.3 Å². The molecule has 1 amide bonds. The average Bonchev–Trinajstić information content (AvgIpc) is 3.29. The summed E-state index contributed by atoms with van der Waals surface area (Å²) in [5, 5.41) is 4.63. The number of hydrogen-bond donors (Lipinski definition) is 0. The Morgan fingerprint density at radius 2 is 1.62 bits per heavy atom. The monoisotopic (exact) mass is 429 g/mol. The molecule has 7 nitrogen and oxygen atoms in total. The molecule has 0 bridgehead atoms. The lowest BCUT2D eigenvalue weighted by Crippen LogP contribution is -2.40. The van der Waals surface area contributed by atoms with E-state index in [4.69, 9.17) is 4.74 Å². The summed E-state index contributed by atoms with van der Waals surface area (Å²) in [7, 11) is 0. The zero-order valence-electron chi connectivity index (χ0n) is 17.7. The van der Waals surface area contributed by atoms with Crippen LogP contribution in [0.25, 0.3) is 16.9 Å². The number of benzene rings is 2. The Morgan fingerprint density at radius 3 is 2.28 bits per heavy atom. The van der Waals surface area contributed by atoms with Crippen LogP contribution in [-0.2, 0) is 9.53 Å². The zero-order chi connectivity index (χ0) is 22.5. The van der Waals surface area contributed by atoms with Gasteiger partial charge in [-0.3, -0.25) is 14.4 Å². The lowest BCUT2D eigenvalue weighted by Gasteiger charge is -2.26. The van der Waals surface area contributed by atoms with Crippen molar-refractivity contribution in [3.05, 3.63) is 84.1 Å². The Balaban J connectivity index is 1.68. The molecule has 0 N–H and O–H groups in total. The second-order valence-electron chi connectivity index (χ2n) is 7.45. The molecule has 1 saturated heterocycles. The molecule has 0 radical (unpaired) electrons. The summed E-state index contributed by atoms with van der Waals surface area (Å²) in [6.07, 6.45) is 2.49. The number of morpholine rings is 1. The van der Waals surface area contributed by atoms with Crippen LogP contribution in [0.3, 0.4) is 0 Å². The van der Waals surface area contributed by atoms with Gasteiger partial charge in [-0.15, -0.1) is 0 Å². The van der Waals surface area contributed by atoms with E-state index in [2.05, 4.69) is 5.10 Å². The van der Waals surface area contributed by atoms with E-state index in [1.807, 2.05) is 30.3 Å². The van der Waals surface area contributed by atoms with Crippen LogP contribution in [0.2, 0.25) is 0 Å². The van der Waals surface area contributed by atoms with E-state index in [-0.39, 0.29) is 17.5 Å². The van der Waals surface area contributed by atoms with E-state index in [1.165, 1.54) is 23.8 Å². The van der Waals surface area contributed by atoms with Gasteiger partial charge in [0.05, 0.1) is 24.6 Å². The van der Waals surface area contributed by atoms with Crippen molar-refractivity contribution in [2.24, 2.45) is 0 Å². The molecule has 32 heavy (non-hydrogen) atoms. The van der Waals surface area contributed by atoms with Gasteiger partial charge in [0.2, 0.25) is 5.78 Å². The number of allylic oxidation sites excluding steroid dienone is 2. The van der Waals surface area contributed by atoms with Crippen LogP contribution < -0.4 is 0 Å². The summed E-state index contributed by atoms with van der Waals surface area (Å²) in [4.78, 5) is 38.6. The van der Waals surface area contributed by atoms with Gasteiger partial charge in [-0.05, 0) is 49.4 Å². The molecule has 0 aliphatic carbocycles. The smallest absolute Gasteiger partial charge is 0.254 e. The van der Waals surface area contributed by atoms with Crippen LogP contribution in [0.4, 0.5) is 0 Å². The number of amides is 1. The van der Waals surface area contributed by atoms with Crippen LogP contribution in [0.5, 0.6) is 0 Å². The Bertz CT molecular complexity index is 1160. The van der Waals surface area contributed by atoms with E-state index in [1.54, 1.807) is 35.2 Å². The van der Waals surface area contributed by atoms with Crippen LogP contribution in [0, 0.1) is 0 Å². The third-order valence-electron chi connectivity index (χ3n) is 5.16. The quantitative estimate of drug-likeness (QED) is 0.443. The highest BCUT2D eigenvalue weighted by atomic mass is 16.5. The lowest BCUT2D eigenvalue weighted by molar-refractivity contribution is -0.112. The number of carbonyl (C=O) groups excluding carboxylic acids is 3. The maximum Gasteiger partial charge on any atom is 0.254 e. The van der Waals surface area contributed by atoms with Crippen molar-refractivity contribution in [3.8, 4) is 16.9 Å². The molecule has 0 spiro atoms. The molecule has 7 heteroatoms. The molecule has 2 aromatic carbocycles. The third-order valence-corrected chi connectivity index (χ3v) is 5.16. The maximum atomic E-state index is 12.8. The zero-order valence-corrected chi connectivity index (χ0v) is 17.7. The van der Waals surface area contributed by atoms with Gasteiger partial charge in [-0.25, -0.2) is 4.68 Å². The first kappa shape index (κ1) is 21.4. The number of rotatable bonds is 6. The van der Waals surface area contributed by atoms with Crippen molar-refractivity contribution >= 4 is 17.5 Å². The molecular weight excluding hydrogens is 406 g/mol. The van der Waals surface area contributed by atoms with Crippen molar-refractivity contribution in [2.45, 2.75) is 6.92 Å². The molecule has 0 atom stereocenters. The molecule has 0 unspecified atom stereocenters. The van der Waals surface area contributed by atoms with Gasteiger partial charge < -0.3 is 9.64 Å². The van der Waals surface area contributed by atoms with Crippen molar-refractivity contribution in [2.75, 3.05) is 26.3 Å². The first-order valence-corrected chi connectivity index (χ1v) is 10.4. The van der Waals surface area contributed by atoms with E-state index in [9.17, 15) is 14.4 Å². The predicted octanol–water partition coefficient (Wildman–Crippen LogP) is 3.34. The molecule has 3 aromatic rings. The van der Waals surface area contributed by atoms with E-state index >= 15 is 0 Å². The molecule has 4 rings (SSSR count). The predicted molar refractivity (Wildman–Crippen MR) is 120 cm³/mol. The molecule has 162 valence electrons. The minimum Gasteiger partial charge on any atom is -0.378 e. The SMILES string of the molecule is CC(=O)/C=C/C(=O)c1cc(-c2ccccc2)nn1-c1ccc(C(=O)N2CCOCC2)cc1. The molecule has 1 fully saturated rings. The number of aromatic nitrogens is 2. The Morgan fingerprint density at radius 1 is 0.938 bits per heavy atom. The van der Waals surface area contributed by atoms with Gasteiger partial charge >= 0.3 is 0 Å². The second-order valence-corrected chi connectivity index (χ2v) is 7.45. The van der Waals surface area contributed by atoms with Crippen LogP contribution in [0.1, 0.15) is 27.8 Å². The number of carbonyl (C=O) groups is 3. The minimum atomic E-state index is -0.330. The Kier molecular flexibility index (Phi) is 6.37. The number of nitrogens with zero attached hydrogens (tertiary/aromatic N) is 3. The Hall–Kier alpha value is -3.84. The standard InChI is InChI=1S/C25H23N3O4/c1-18(29)7-12-24(30)23-17-22(19-5-3-2-4-6-19)26-28(23)21-10-8-20(9-11-21)25(31)27-13-15-32-16-14-27/h2-12,17H,13-16H2,1H3/b12-7+. The molecule has 2 heterocycles. The number of ether oxygens (including phenoxy) is 1. The van der Waals surface area contributed by atoms with Crippen molar-refractivity contribution in [3.63, 3.8) is 0 Å². The maximum absolute atomic E-state index is 12.8. The topological polar surface area (TPSA) is 81.5 Å². The molecule has 1 aromatic heterocycles. The summed E-state index contributed by atoms with van der Waals surface area (Å²) in [5.41, 5.74) is 3.04. The molecule has 1 aliphatic rings. The summed E-state index contributed by atoms with van der Waals surface area (Å²) >= 11 is 0. The fourth-order valence-corrected chi connectivity index (χ4v) is 3.48. The second kappa shape index (κ2) is 9.53. The van der Waals surface area contributed by atoms with Crippen molar-refractivity contribution in [1.82, 2.24) is 14.7 Å². The van der Waals surface area contributed by atoms with Gasteiger partial charge in [-0.2, -0.15) is 5.10 Å². The van der Waals surface area contributed by atoms with Crippen LogP contribution in [0.15, 0.2) is 72.8 Å². The molecule has 0 saturated carbocycles. The summed E-state index contributed by atoms with van der Waals surface area (Å²) in [6, 6.07) is 18.2. The van der Waals surface area contributed by atoms with Gasteiger partial charge in [0.1, 0.15) is 5.69 Å². The fraction of sp³-hybridized carbons (Fsp3) is 0.200. The van der Waals surface area contributed by atoms with E-state index < -0.39 is 0 Å². The Labute approximate surface area is 185 Å². The van der Waals surface area contributed by atoms with E-state index in [0.29, 0.717) is 48.9 Å². The summed E-state index contributed by atoms with van der Waals surface area (Å²) < 4.78 is 6.85. The largest absolute Gasteiger partial charge is 0.378 e. The normalized spacial score (nSPS) is 14.0. The molecule has 1 aliphatic heterocycles. The highest BCUT2D eigenvalue weighted by Crippen LogP contribution is 2.23.